The Morgan fingerprint density at radius 2 is 2.28 bits per heavy atom. The predicted octanol–water partition coefficient (Wildman–Crippen LogP) is 3.92. The van der Waals surface area contributed by atoms with Gasteiger partial charge in [-0.2, -0.15) is 0 Å². The molecule has 0 fully saturated rings. The van der Waals surface area contributed by atoms with Crippen molar-refractivity contribution in [1.29, 1.82) is 0 Å². The molecule has 1 N–H and O–H groups in total. The van der Waals surface area contributed by atoms with Crippen molar-refractivity contribution >= 4 is 33.4 Å². The predicted molar refractivity (Wildman–Crippen MR) is 74.7 cm³/mol. The van der Waals surface area contributed by atoms with Crippen molar-refractivity contribution in [2.45, 2.75) is 12.8 Å². The fraction of sp³-hybridized carbons (Fsp3) is 0.364. The quantitative estimate of drug-likeness (QED) is 0.364. The molecule has 0 radical (unpaired) electrons. The maximum absolute atomic E-state index is 11.8. The standard InChI is InChI=1S/C11H12BrClN4O/c12-10-4-3-8(13)7-9(10)11(18)15-5-1-2-6-16-17-14/h3-4,7H,1-2,5-6H2,(H,15,18). The number of carbonyl (C=O) groups is 1. The summed E-state index contributed by atoms with van der Waals surface area (Å²) >= 11 is 9.13. The first-order valence-electron chi connectivity index (χ1n) is 5.39. The van der Waals surface area contributed by atoms with Crippen molar-refractivity contribution in [3.63, 3.8) is 0 Å². The zero-order chi connectivity index (χ0) is 13.4. The summed E-state index contributed by atoms with van der Waals surface area (Å²) in [6, 6.07) is 5.06. The molecule has 1 aromatic rings. The second-order valence-electron chi connectivity index (χ2n) is 3.54. The van der Waals surface area contributed by atoms with Crippen LogP contribution in [0.1, 0.15) is 23.2 Å². The third kappa shape index (κ3) is 4.96. The van der Waals surface area contributed by atoms with Crippen LogP contribution in [0.5, 0.6) is 0 Å². The van der Waals surface area contributed by atoms with Gasteiger partial charge in [-0.05, 0) is 52.5 Å². The molecule has 1 aromatic carbocycles. The highest BCUT2D eigenvalue weighted by Crippen LogP contribution is 2.20. The smallest absolute Gasteiger partial charge is 0.252 e. The van der Waals surface area contributed by atoms with E-state index in [0.717, 1.165) is 12.8 Å². The van der Waals surface area contributed by atoms with Gasteiger partial charge in [-0.25, -0.2) is 0 Å². The number of benzene rings is 1. The Hall–Kier alpha value is -1.23. The van der Waals surface area contributed by atoms with Crippen LogP contribution in [-0.2, 0) is 0 Å². The lowest BCUT2D eigenvalue weighted by Gasteiger charge is -2.06. The van der Waals surface area contributed by atoms with Gasteiger partial charge in [-0.1, -0.05) is 16.7 Å². The normalized spacial score (nSPS) is 9.67. The van der Waals surface area contributed by atoms with Gasteiger partial charge in [0.25, 0.3) is 5.91 Å². The van der Waals surface area contributed by atoms with Gasteiger partial charge in [-0.15, -0.1) is 0 Å². The number of unbranched alkanes of at least 4 members (excludes halogenated alkanes) is 1. The number of hydrogen-bond acceptors (Lipinski definition) is 2. The monoisotopic (exact) mass is 330 g/mol. The van der Waals surface area contributed by atoms with E-state index in [1.807, 2.05) is 0 Å². The largest absolute Gasteiger partial charge is 0.352 e. The molecule has 0 saturated heterocycles. The van der Waals surface area contributed by atoms with Crippen molar-refractivity contribution in [2.24, 2.45) is 5.11 Å². The van der Waals surface area contributed by atoms with Gasteiger partial charge < -0.3 is 5.32 Å². The van der Waals surface area contributed by atoms with E-state index >= 15 is 0 Å². The first-order chi connectivity index (χ1) is 8.65. The van der Waals surface area contributed by atoms with Crippen LogP contribution in [0.2, 0.25) is 5.02 Å². The number of amides is 1. The zero-order valence-electron chi connectivity index (χ0n) is 9.57. The highest BCUT2D eigenvalue weighted by molar-refractivity contribution is 9.10. The number of azide groups is 1. The lowest BCUT2D eigenvalue weighted by molar-refractivity contribution is 0.0952. The van der Waals surface area contributed by atoms with Gasteiger partial charge in [0.2, 0.25) is 0 Å². The molecule has 0 saturated carbocycles. The summed E-state index contributed by atoms with van der Waals surface area (Å²) in [5.74, 6) is -0.173. The van der Waals surface area contributed by atoms with E-state index in [0.29, 0.717) is 28.1 Å². The Kier molecular flexibility index (Phi) is 6.57. The van der Waals surface area contributed by atoms with Crippen LogP contribution in [-0.4, -0.2) is 19.0 Å². The summed E-state index contributed by atoms with van der Waals surface area (Å²) in [5.41, 5.74) is 8.60. The molecule has 0 spiro atoms. The van der Waals surface area contributed by atoms with E-state index in [2.05, 4.69) is 31.3 Å². The van der Waals surface area contributed by atoms with E-state index in [9.17, 15) is 4.79 Å². The maximum atomic E-state index is 11.8. The van der Waals surface area contributed by atoms with E-state index in [1.54, 1.807) is 18.2 Å². The highest BCUT2D eigenvalue weighted by Gasteiger charge is 2.09. The summed E-state index contributed by atoms with van der Waals surface area (Å²) in [5, 5.41) is 6.72. The van der Waals surface area contributed by atoms with Crippen LogP contribution in [0.3, 0.4) is 0 Å². The maximum Gasteiger partial charge on any atom is 0.252 e. The Morgan fingerprint density at radius 1 is 1.50 bits per heavy atom. The zero-order valence-corrected chi connectivity index (χ0v) is 11.9. The minimum absolute atomic E-state index is 0.173. The van der Waals surface area contributed by atoms with Gasteiger partial charge in [0, 0.05) is 27.5 Å². The third-order valence-electron chi connectivity index (χ3n) is 2.21. The summed E-state index contributed by atoms with van der Waals surface area (Å²) in [7, 11) is 0. The van der Waals surface area contributed by atoms with Gasteiger partial charge in [0.15, 0.2) is 0 Å². The van der Waals surface area contributed by atoms with Crippen LogP contribution in [0, 0.1) is 0 Å². The molecule has 0 aromatic heterocycles. The average molecular weight is 332 g/mol. The summed E-state index contributed by atoms with van der Waals surface area (Å²) in [6.45, 7) is 0.992. The summed E-state index contributed by atoms with van der Waals surface area (Å²) < 4.78 is 0.707. The summed E-state index contributed by atoms with van der Waals surface area (Å²) in [4.78, 5) is 14.5. The molecule has 0 unspecified atom stereocenters. The number of nitrogens with zero attached hydrogens (tertiary/aromatic N) is 3. The molecule has 7 heteroatoms. The third-order valence-corrected chi connectivity index (χ3v) is 3.13. The van der Waals surface area contributed by atoms with Crippen LogP contribution < -0.4 is 5.32 Å². The van der Waals surface area contributed by atoms with Gasteiger partial charge in [0.05, 0.1) is 5.56 Å². The first kappa shape index (κ1) is 14.8. The molecule has 96 valence electrons. The minimum Gasteiger partial charge on any atom is -0.352 e. The molecular weight excluding hydrogens is 320 g/mol. The Balaban J connectivity index is 2.41. The molecular formula is C11H12BrClN4O. The number of rotatable bonds is 6. The first-order valence-corrected chi connectivity index (χ1v) is 6.56. The number of nitrogens with one attached hydrogen (secondary N) is 1. The van der Waals surface area contributed by atoms with Crippen molar-refractivity contribution in [3.8, 4) is 0 Å². The van der Waals surface area contributed by atoms with Gasteiger partial charge in [-0.3, -0.25) is 4.79 Å². The molecule has 5 nitrogen and oxygen atoms in total. The van der Waals surface area contributed by atoms with Crippen LogP contribution in [0.15, 0.2) is 27.8 Å². The minimum atomic E-state index is -0.173. The lowest BCUT2D eigenvalue weighted by atomic mass is 10.2. The second-order valence-corrected chi connectivity index (χ2v) is 4.83. The van der Waals surface area contributed by atoms with Crippen LogP contribution >= 0.6 is 27.5 Å². The highest BCUT2D eigenvalue weighted by atomic mass is 79.9. The fourth-order valence-electron chi connectivity index (χ4n) is 1.32. The second kappa shape index (κ2) is 7.97. The van der Waals surface area contributed by atoms with Crippen molar-refractivity contribution < 1.29 is 4.79 Å². The summed E-state index contributed by atoms with van der Waals surface area (Å²) in [6.07, 6.45) is 1.52. The number of hydrogen-bond donors (Lipinski definition) is 1. The van der Waals surface area contributed by atoms with Crippen molar-refractivity contribution in [3.05, 3.63) is 43.7 Å². The van der Waals surface area contributed by atoms with E-state index in [-0.39, 0.29) is 5.91 Å². The molecule has 18 heavy (non-hydrogen) atoms. The Bertz CT molecular complexity index is 474. The Morgan fingerprint density at radius 3 is 3.00 bits per heavy atom. The number of carbonyl (C=O) groups excluding carboxylic acids is 1. The molecule has 1 amide bonds. The average Bonchev–Trinajstić information content (AvgIpc) is 2.36. The van der Waals surface area contributed by atoms with E-state index in [4.69, 9.17) is 17.1 Å². The molecule has 0 aliphatic carbocycles. The SMILES string of the molecule is [N-]=[N+]=NCCCCNC(=O)c1cc(Cl)ccc1Br. The topological polar surface area (TPSA) is 77.9 Å². The lowest BCUT2D eigenvalue weighted by Crippen LogP contribution is -2.24. The van der Waals surface area contributed by atoms with Gasteiger partial charge >= 0.3 is 0 Å². The Labute approximate surface area is 118 Å². The molecule has 0 bridgehead atoms. The fourth-order valence-corrected chi connectivity index (χ4v) is 1.92. The molecule has 0 heterocycles. The van der Waals surface area contributed by atoms with E-state index < -0.39 is 0 Å². The molecule has 0 aliphatic rings. The number of halogens is 2. The molecule has 1 rings (SSSR count). The van der Waals surface area contributed by atoms with Crippen molar-refractivity contribution in [1.82, 2.24) is 5.32 Å². The van der Waals surface area contributed by atoms with E-state index in [1.165, 1.54) is 0 Å². The van der Waals surface area contributed by atoms with Crippen LogP contribution in [0.4, 0.5) is 0 Å². The van der Waals surface area contributed by atoms with Crippen molar-refractivity contribution in [2.75, 3.05) is 13.1 Å². The van der Waals surface area contributed by atoms with Crippen LogP contribution in [0.25, 0.3) is 10.4 Å². The van der Waals surface area contributed by atoms with Gasteiger partial charge in [0.1, 0.15) is 0 Å². The molecule has 0 atom stereocenters. The molecule has 0 aliphatic heterocycles.